The highest BCUT2D eigenvalue weighted by Gasteiger charge is 2.13. The van der Waals surface area contributed by atoms with Crippen molar-refractivity contribution in [3.05, 3.63) is 28.7 Å². The van der Waals surface area contributed by atoms with Crippen LogP contribution in [0.25, 0.3) is 0 Å². The number of thiophene rings is 1. The lowest BCUT2D eigenvalue weighted by atomic mass is 10.1. The molecule has 0 spiro atoms. The molecule has 0 aliphatic heterocycles. The fraction of sp³-hybridized carbons (Fsp3) is 0.650. The number of carbonyl (C=O) groups is 1. The summed E-state index contributed by atoms with van der Waals surface area (Å²) in [6.45, 7) is 2.24. The van der Waals surface area contributed by atoms with E-state index in [-0.39, 0.29) is 5.97 Å². The van der Waals surface area contributed by atoms with Crippen LogP contribution in [0.2, 0.25) is 0 Å². The molecular formula is C20H33NO2S. The van der Waals surface area contributed by atoms with E-state index in [1.54, 1.807) is 0 Å². The zero-order valence-electron chi connectivity index (χ0n) is 15.3. The molecule has 0 atom stereocenters. The first-order chi connectivity index (χ1) is 11.7. The lowest BCUT2D eigenvalue weighted by Gasteiger charge is -2.00. The number of ether oxygens (including phenoxy) is 1. The van der Waals surface area contributed by atoms with E-state index in [0.717, 1.165) is 12.8 Å². The van der Waals surface area contributed by atoms with Gasteiger partial charge in [-0.25, -0.2) is 4.79 Å². The fourth-order valence-corrected chi connectivity index (χ4v) is 3.63. The van der Waals surface area contributed by atoms with Gasteiger partial charge in [-0.15, -0.1) is 11.3 Å². The molecule has 0 bridgehead atoms. The van der Waals surface area contributed by atoms with Crippen LogP contribution in [-0.2, 0) is 11.2 Å². The molecule has 136 valence electrons. The Bertz CT molecular complexity index is 494. The summed E-state index contributed by atoms with van der Waals surface area (Å²) >= 11 is 1.51. The Kier molecular flexibility index (Phi) is 11.3. The Hall–Kier alpha value is -1.29. The minimum Gasteiger partial charge on any atom is -0.465 e. The molecule has 1 aromatic rings. The number of methoxy groups -OCH3 is 1. The smallest absolute Gasteiger partial charge is 0.340 e. The van der Waals surface area contributed by atoms with Gasteiger partial charge in [0.2, 0.25) is 0 Å². The maximum Gasteiger partial charge on any atom is 0.340 e. The second-order valence-corrected chi connectivity index (χ2v) is 7.42. The van der Waals surface area contributed by atoms with Crippen LogP contribution in [0.4, 0.5) is 5.00 Å². The van der Waals surface area contributed by atoms with Crippen LogP contribution in [0, 0.1) is 0 Å². The maximum absolute atomic E-state index is 11.5. The van der Waals surface area contributed by atoms with Gasteiger partial charge in [-0.3, -0.25) is 0 Å². The van der Waals surface area contributed by atoms with Gasteiger partial charge in [-0.2, -0.15) is 0 Å². The first kappa shape index (κ1) is 20.8. The van der Waals surface area contributed by atoms with Crippen molar-refractivity contribution in [2.75, 3.05) is 12.8 Å². The number of hydrogen-bond donors (Lipinski definition) is 1. The number of anilines is 1. The number of unbranched alkanes of at least 4 members (excludes halogenated alkanes) is 8. The molecule has 4 heteroatoms. The van der Waals surface area contributed by atoms with Crippen LogP contribution >= 0.6 is 11.3 Å². The number of allylic oxidation sites excluding steroid dienone is 2. The molecule has 0 radical (unpaired) electrons. The van der Waals surface area contributed by atoms with E-state index in [1.807, 2.05) is 6.07 Å². The summed E-state index contributed by atoms with van der Waals surface area (Å²) in [5.74, 6) is -0.334. The van der Waals surface area contributed by atoms with Crippen molar-refractivity contribution in [2.45, 2.75) is 77.6 Å². The van der Waals surface area contributed by atoms with Gasteiger partial charge in [0.1, 0.15) is 5.00 Å². The van der Waals surface area contributed by atoms with E-state index in [0.29, 0.717) is 10.6 Å². The predicted octanol–water partition coefficient (Wildman–Crippen LogP) is 6.14. The van der Waals surface area contributed by atoms with Crippen molar-refractivity contribution in [2.24, 2.45) is 0 Å². The first-order valence-corrected chi connectivity index (χ1v) is 10.1. The summed E-state index contributed by atoms with van der Waals surface area (Å²) in [7, 11) is 1.39. The largest absolute Gasteiger partial charge is 0.465 e. The average molecular weight is 352 g/mol. The molecular weight excluding hydrogens is 318 g/mol. The molecule has 0 unspecified atom stereocenters. The Labute approximate surface area is 151 Å². The highest BCUT2D eigenvalue weighted by molar-refractivity contribution is 7.16. The third kappa shape index (κ3) is 8.53. The zero-order chi connectivity index (χ0) is 17.6. The summed E-state index contributed by atoms with van der Waals surface area (Å²) in [6, 6.07) is 1.89. The highest BCUT2D eigenvalue weighted by Crippen LogP contribution is 2.27. The molecule has 1 heterocycles. The highest BCUT2D eigenvalue weighted by atomic mass is 32.1. The Morgan fingerprint density at radius 3 is 2.38 bits per heavy atom. The molecule has 0 aliphatic carbocycles. The minimum atomic E-state index is -0.334. The second kappa shape index (κ2) is 13.1. The van der Waals surface area contributed by atoms with Gasteiger partial charge in [0, 0.05) is 4.88 Å². The number of rotatable bonds is 13. The van der Waals surface area contributed by atoms with Crippen molar-refractivity contribution in [1.82, 2.24) is 0 Å². The SMILES string of the molecule is CCCC/C=C\CCCCCCCCc1cc(C(=O)OC)c(N)s1. The second-order valence-electron chi connectivity index (χ2n) is 6.26. The van der Waals surface area contributed by atoms with Gasteiger partial charge in [0.05, 0.1) is 12.7 Å². The van der Waals surface area contributed by atoms with Crippen molar-refractivity contribution in [3.63, 3.8) is 0 Å². The lowest BCUT2D eigenvalue weighted by molar-refractivity contribution is 0.0602. The Morgan fingerprint density at radius 1 is 1.08 bits per heavy atom. The van der Waals surface area contributed by atoms with E-state index in [2.05, 4.69) is 19.1 Å². The Balaban J connectivity index is 2.03. The third-order valence-electron chi connectivity index (χ3n) is 4.15. The van der Waals surface area contributed by atoms with E-state index in [4.69, 9.17) is 10.5 Å². The quantitative estimate of drug-likeness (QED) is 0.264. The molecule has 0 saturated carbocycles. The van der Waals surface area contributed by atoms with E-state index in [1.165, 1.54) is 81.1 Å². The topological polar surface area (TPSA) is 52.3 Å². The molecule has 0 saturated heterocycles. The molecule has 0 amide bonds. The molecule has 24 heavy (non-hydrogen) atoms. The molecule has 3 nitrogen and oxygen atoms in total. The number of nitrogens with two attached hydrogens (primary N) is 1. The molecule has 1 rings (SSSR count). The van der Waals surface area contributed by atoms with Crippen LogP contribution in [0.3, 0.4) is 0 Å². The normalized spacial score (nSPS) is 11.2. The van der Waals surface area contributed by atoms with Gasteiger partial charge >= 0.3 is 5.97 Å². The van der Waals surface area contributed by atoms with Crippen molar-refractivity contribution < 1.29 is 9.53 Å². The first-order valence-electron chi connectivity index (χ1n) is 9.30. The van der Waals surface area contributed by atoms with Crippen molar-refractivity contribution in [3.8, 4) is 0 Å². The lowest BCUT2D eigenvalue weighted by Crippen LogP contribution is -2.01. The summed E-state index contributed by atoms with van der Waals surface area (Å²) in [4.78, 5) is 12.7. The zero-order valence-corrected chi connectivity index (χ0v) is 16.1. The fourth-order valence-electron chi connectivity index (χ4n) is 2.68. The standard InChI is InChI=1S/C20H33NO2S/c1-3-4-5-6-7-8-9-10-11-12-13-14-15-17-16-18(19(21)24-17)20(22)23-2/h6-7,16H,3-5,8-15,21H2,1-2H3/b7-6-. The molecule has 1 aromatic heterocycles. The van der Waals surface area contributed by atoms with E-state index < -0.39 is 0 Å². The number of carbonyl (C=O) groups excluding carboxylic acids is 1. The minimum absolute atomic E-state index is 0.334. The maximum atomic E-state index is 11.5. The summed E-state index contributed by atoms with van der Waals surface area (Å²) in [5.41, 5.74) is 6.38. The summed E-state index contributed by atoms with van der Waals surface area (Å²) < 4.78 is 4.73. The summed E-state index contributed by atoms with van der Waals surface area (Å²) in [6.07, 6.45) is 18.4. The number of nitrogen functional groups attached to an aromatic ring is 1. The van der Waals surface area contributed by atoms with Gasteiger partial charge < -0.3 is 10.5 Å². The van der Waals surface area contributed by atoms with Crippen LogP contribution in [0.15, 0.2) is 18.2 Å². The van der Waals surface area contributed by atoms with Gasteiger partial charge in [-0.1, -0.05) is 57.6 Å². The number of esters is 1. The van der Waals surface area contributed by atoms with E-state index in [9.17, 15) is 4.79 Å². The monoisotopic (exact) mass is 351 g/mol. The van der Waals surface area contributed by atoms with Crippen LogP contribution in [-0.4, -0.2) is 13.1 Å². The van der Waals surface area contributed by atoms with Crippen molar-refractivity contribution >= 4 is 22.3 Å². The Morgan fingerprint density at radius 2 is 1.71 bits per heavy atom. The van der Waals surface area contributed by atoms with Crippen LogP contribution in [0.5, 0.6) is 0 Å². The molecule has 0 fully saturated rings. The van der Waals surface area contributed by atoms with Crippen LogP contribution < -0.4 is 5.73 Å². The molecule has 0 aliphatic rings. The molecule has 0 aromatic carbocycles. The van der Waals surface area contributed by atoms with Gasteiger partial charge in [-0.05, 0) is 38.2 Å². The van der Waals surface area contributed by atoms with Crippen LogP contribution in [0.1, 0.15) is 86.4 Å². The van der Waals surface area contributed by atoms with Gasteiger partial charge in [0.25, 0.3) is 0 Å². The third-order valence-corrected chi connectivity index (χ3v) is 5.18. The van der Waals surface area contributed by atoms with Gasteiger partial charge in [0.15, 0.2) is 0 Å². The van der Waals surface area contributed by atoms with E-state index >= 15 is 0 Å². The average Bonchev–Trinajstić information content (AvgIpc) is 2.96. The predicted molar refractivity (Wildman–Crippen MR) is 105 cm³/mol. The summed E-state index contributed by atoms with van der Waals surface area (Å²) in [5, 5.41) is 0.573. The number of aryl methyl sites for hydroxylation is 1. The number of hydrogen-bond acceptors (Lipinski definition) is 4. The molecule has 2 N–H and O–H groups in total. The van der Waals surface area contributed by atoms with Crippen molar-refractivity contribution in [1.29, 1.82) is 0 Å².